The van der Waals surface area contributed by atoms with Crippen LogP contribution in [0.5, 0.6) is 0 Å². The number of nitrogens with two attached hydrogens (primary N) is 1. The Morgan fingerprint density at radius 2 is 1.81 bits per heavy atom. The minimum atomic E-state index is -0.769. The number of amides is 1. The predicted octanol–water partition coefficient (Wildman–Crippen LogP) is 2.56. The predicted molar refractivity (Wildman–Crippen MR) is 78.5 cm³/mol. The minimum Gasteiger partial charge on any atom is -0.481 e. The lowest BCUT2D eigenvalue weighted by atomic mass is 10.1. The van der Waals surface area contributed by atoms with Gasteiger partial charge in [0.2, 0.25) is 0 Å². The number of carbonyl (C=O) groups excluding carboxylic acids is 1. The Balaban J connectivity index is 2.16. The molecule has 0 unspecified atom stereocenters. The summed E-state index contributed by atoms with van der Waals surface area (Å²) < 4.78 is 13.0. The molecule has 0 saturated heterocycles. The molecule has 1 rings (SSSR count). The SMILES string of the molecule is Nc1ccc(F)cc1C(=O)NCCCCCCCC(=O)O. The fraction of sp³-hybridized carbons (Fsp3) is 0.467. The van der Waals surface area contributed by atoms with Gasteiger partial charge in [-0.15, -0.1) is 0 Å². The number of carbonyl (C=O) groups is 2. The van der Waals surface area contributed by atoms with Crippen LogP contribution in [0.4, 0.5) is 10.1 Å². The van der Waals surface area contributed by atoms with E-state index in [0.29, 0.717) is 13.0 Å². The lowest BCUT2D eigenvalue weighted by molar-refractivity contribution is -0.137. The number of unbranched alkanes of at least 4 members (excludes halogenated alkanes) is 4. The molecule has 0 fully saturated rings. The van der Waals surface area contributed by atoms with Crippen molar-refractivity contribution in [1.82, 2.24) is 5.32 Å². The zero-order valence-corrected chi connectivity index (χ0v) is 11.9. The van der Waals surface area contributed by atoms with Gasteiger partial charge in [0.05, 0.1) is 5.56 Å². The number of carboxylic acid groups (broad SMARTS) is 1. The zero-order chi connectivity index (χ0) is 15.7. The van der Waals surface area contributed by atoms with Crippen molar-refractivity contribution in [1.29, 1.82) is 0 Å². The van der Waals surface area contributed by atoms with Crippen LogP contribution in [0, 0.1) is 5.82 Å². The Hall–Kier alpha value is -2.11. The van der Waals surface area contributed by atoms with Crippen molar-refractivity contribution < 1.29 is 19.1 Å². The van der Waals surface area contributed by atoms with Crippen LogP contribution in [-0.4, -0.2) is 23.5 Å². The van der Waals surface area contributed by atoms with E-state index in [1.165, 1.54) is 12.1 Å². The number of rotatable bonds is 9. The third kappa shape index (κ3) is 6.74. The average Bonchev–Trinajstić information content (AvgIpc) is 2.43. The standard InChI is InChI=1S/C15H21FN2O3/c16-11-7-8-13(17)12(10-11)15(21)18-9-5-3-1-2-4-6-14(19)20/h7-8,10H,1-6,9,17H2,(H,18,21)(H,19,20). The number of nitrogen functional groups attached to an aromatic ring is 1. The lowest BCUT2D eigenvalue weighted by Crippen LogP contribution is -2.25. The molecule has 0 aliphatic rings. The number of benzene rings is 1. The van der Waals surface area contributed by atoms with Gasteiger partial charge in [-0.05, 0) is 31.0 Å². The number of anilines is 1. The third-order valence-corrected chi connectivity index (χ3v) is 3.11. The van der Waals surface area contributed by atoms with Crippen molar-refractivity contribution in [2.24, 2.45) is 0 Å². The highest BCUT2D eigenvalue weighted by Crippen LogP contribution is 2.13. The van der Waals surface area contributed by atoms with Crippen molar-refractivity contribution in [2.45, 2.75) is 38.5 Å². The van der Waals surface area contributed by atoms with Gasteiger partial charge < -0.3 is 16.2 Å². The van der Waals surface area contributed by atoms with Gasteiger partial charge in [-0.1, -0.05) is 19.3 Å². The molecular formula is C15H21FN2O3. The first-order chi connectivity index (χ1) is 10.0. The molecule has 1 amide bonds. The number of nitrogens with one attached hydrogen (secondary N) is 1. The first-order valence-electron chi connectivity index (χ1n) is 7.05. The van der Waals surface area contributed by atoms with Crippen molar-refractivity contribution in [2.75, 3.05) is 12.3 Å². The summed E-state index contributed by atoms with van der Waals surface area (Å²) in [4.78, 5) is 22.1. The summed E-state index contributed by atoms with van der Waals surface area (Å²) in [6, 6.07) is 3.70. The Bertz CT molecular complexity index is 492. The van der Waals surface area contributed by atoms with Crippen molar-refractivity contribution >= 4 is 17.6 Å². The molecule has 116 valence electrons. The molecule has 4 N–H and O–H groups in total. The van der Waals surface area contributed by atoms with E-state index in [-0.39, 0.29) is 23.6 Å². The van der Waals surface area contributed by atoms with Gasteiger partial charge in [0.25, 0.3) is 5.91 Å². The van der Waals surface area contributed by atoms with E-state index in [2.05, 4.69) is 5.32 Å². The smallest absolute Gasteiger partial charge is 0.303 e. The molecule has 0 aromatic heterocycles. The van der Waals surface area contributed by atoms with E-state index in [0.717, 1.165) is 31.7 Å². The van der Waals surface area contributed by atoms with E-state index in [4.69, 9.17) is 10.8 Å². The lowest BCUT2D eigenvalue weighted by Gasteiger charge is -2.07. The molecule has 0 aliphatic carbocycles. The second-order valence-corrected chi connectivity index (χ2v) is 4.90. The Morgan fingerprint density at radius 3 is 2.52 bits per heavy atom. The Morgan fingerprint density at radius 1 is 1.14 bits per heavy atom. The first-order valence-corrected chi connectivity index (χ1v) is 7.05. The number of hydrogen-bond acceptors (Lipinski definition) is 3. The van der Waals surface area contributed by atoms with Crippen molar-refractivity contribution in [3.8, 4) is 0 Å². The van der Waals surface area contributed by atoms with E-state index < -0.39 is 11.8 Å². The molecule has 0 atom stereocenters. The normalized spacial score (nSPS) is 10.3. The maximum atomic E-state index is 13.0. The maximum Gasteiger partial charge on any atom is 0.303 e. The van der Waals surface area contributed by atoms with Crippen LogP contribution < -0.4 is 11.1 Å². The molecule has 0 aliphatic heterocycles. The summed E-state index contributed by atoms with van der Waals surface area (Å²) in [7, 11) is 0. The van der Waals surface area contributed by atoms with Crippen molar-refractivity contribution in [3.63, 3.8) is 0 Å². The second kappa shape index (κ2) is 8.94. The van der Waals surface area contributed by atoms with Crippen LogP contribution in [-0.2, 0) is 4.79 Å². The fourth-order valence-electron chi connectivity index (χ4n) is 1.95. The van der Waals surface area contributed by atoms with Crippen LogP contribution in [0.15, 0.2) is 18.2 Å². The van der Waals surface area contributed by atoms with Crippen LogP contribution in [0.1, 0.15) is 48.9 Å². The highest BCUT2D eigenvalue weighted by molar-refractivity contribution is 5.99. The van der Waals surface area contributed by atoms with Gasteiger partial charge in [-0.2, -0.15) is 0 Å². The number of halogens is 1. The largest absolute Gasteiger partial charge is 0.481 e. The van der Waals surface area contributed by atoms with Gasteiger partial charge in [-0.3, -0.25) is 9.59 Å². The summed E-state index contributed by atoms with van der Waals surface area (Å²) in [5.74, 6) is -1.64. The Labute approximate surface area is 123 Å². The highest BCUT2D eigenvalue weighted by Gasteiger charge is 2.09. The van der Waals surface area contributed by atoms with Crippen molar-refractivity contribution in [3.05, 3.63) is 29.6 Å². The third-order valence-electron chi connectivity index (χ3n) is 3.11. The molecule has 0 bridgehead atoms. The summed E-state index contributed by atoms with van der Waals surface area (Å²) in [5.41, 5.74) is 6.03. The molecule has 0 spiro atoms. The zero-order valence-electron chi connectivity index (χ0n) is 11.9. The number of aliphatic carboxylic acids is 1. The number of carboxylic acids is 1. The monoisotopic (exact) mass is 296 g/mol. The van der Waals surface area contributed by atoms with Gasteiger partial charge in [0, 0.05) is 18.7 Å². The summed E-state index contributed by atoms with van der Waals surface area (Å²) >= 11 is 0. The summed E-state index contributed by atoms with van der Waals surface area (Å²) in [5, 5.41) is 11.2. The average molecular weight is 296 g/mol. The molecule has 5 nitrogen and oxygen atoms in total. The van der Waals surface area contributed by atoms with E-state index in [9.17, 15) is 14.0 Å². The fourth-order valence-corrected chi connectivity index (χ4v) is 1.95. The molecule has 0 radical (unpaired) electrons. The highest BCUT2D eigenvalue weighted by atomic mass is 19.1. The van der Waals surface area contributed by atoms with Gasteiger partial charge in [-0.25, -0.2) is 4.39 Å². The second-order valence-electron chi connectivity index (χ2n) is 4.90. The molecule has 1 aromatic carbocycles. The first kappa shape index (κ1) is 16.9. The molecule has 1 aromatic rings. The van der Waals surface area contributed by atoms with Crippen LogP contribution >= 0.6 is 0 Å². The minimum absolute atomic E-state index is 0.149. The quantitative estimate of drug-likeness (QED) is 0.482. The van der Waals surface area contributed by atoms with Crippen LogP contribution in [0.3, 0.4) is 0 Å². The van der Waals surface area contributed by atoms with Crippen LogP contribution in [0.25, 0.3) is 0 Å². The van der Waals surface area contributed by atoms with E-state index >= 15 is 0 Å². The maximum absolute atomic E-state index is 13.0. The summed E-state index contributed by atoms with van der Waals surface area (Å²) in [6.07, 6.45) is 4.41. The molecule has 21 heavy (non-hydrogen) atoms. The molecule has 0 saturated carbocycles. The van der Waals surface area contributed by atoms with Crippen LogP contribution in [0.2, 0.25) is 0 Å². The molecular weight excluding hydrogens is 275 g/mol. The van der Waals surface area contributed by atoms with Gasteiger partial charge in [0.1, 0.15) is 5.82 Å². The topological polar surface area (TPSA) is 92.4 Å². The summed E-state index contributed by atoms with van der Waals surface area (Å²) in [6.45, 7) is 0.494. The van der Waals surface area contributed by atoms with E-state index in [1.54, 1.807) is 0 Å². The Kier molecular flexibility index (Phi) is 7.21. The van der Waals surface area contributed by atoms with Gasteiger partial charge in [0.15, 0.2) is 0 Å². The molecule has 0 heterocycles. The number of hydrogen-bond donors (Lipinski definition) is 3. The molecule has 6 heteroatoms. The van der Waals surface area contributed by atoms with E-state index in [1.807, 2.05) is 0 Å². The van der Waals surface area contributed by atoms with Gasteiger partial charge >= 0.3 is 5.97 Å².